The molecule has 2 nitrogen and oxygen atoms in total. The Balaban J connectivity index is 3.34. The molecular formula is C6H2B2N2. The first-order valence-corrected chi connectivity index (χ1v) is 2.64. The molecule has 0 saturated carbocycles. The molecule has 0 aromatic carbocycles. The number of nitriles is 1. The van der Waals surface area contributed by atoms with Crippen molar-refractivity contribution < 1.29 is 0 Å². The summed E-state index contributed by atoms with van der Waals surface area (Å²) in [4.78, 5) is 3.69. The van der Waals surface area contributed by atoms with E-state index in [9.17, 15) is 0 Å². The highest BCUT2D eigenvalue weighted by atomic mass is 14.6. The van der Waals surface area contributed by atoms with Crippen LogP contribution in [0.1, 0.15) is 5.56 Å². The van der Waals surface area contributed by atoms with Crippen LogP contribution in [0.5, 0.6) is 0 Å². The van der Waals surface area contributed by atoms with E-state index in [2.05, 4.69) is 4.98 Å². The van der Waals surface area contributed by atoms with Crippen molar-refractivity contribution >= 4 is 26.6 Å². The molecule has 0 atom stereocenters. The van der Waals surface area contributed by atoms with E-state index in [1.807, 2.05) is 6.07 Å². The van der Waals surface area contributed by atoms with Crippen molar-refractivity contribution in [2.24, 2.45) is 0 Å². The lowest BCUT2D eigenvalue weighted by Crippen LogP contribution is -2.21. The van der Waals surface area contributed by atoms with Crippen molar-refractivity contribution in [2.75, 3.05) is 0 Å². The fraction of sp³-hybridized carbons (Fsp3) is 0. The number of hydrogen-bond donors (Lipinski definition) is 0. The van der Waals surface area contributed by atoms with Crippen molar-refractivity contribution in [1.29, 1.82) is 5.26 Å². The van der Waals surface area contributed by atoms with Gasteiger partial charge >= 0.3 is 0 Å². The van der Waals surface area contributed by atoms with E-state index in [4.69, 9.17) is 21.0 Å². The molecule has 1 heterocycles. The Bertz CT molecular complexity index is 270. The van der Waals surface area contributed by atoms with Gasteiger partial charge in [-0.2, -0.15) is 5.26 Å². The molecule has 1 aromatic heterocycles. The molecule has 0 aliphatic heterocycles. The molecule has 0 spiro atoms. The van der Waals surface area contributed by atoms with Gasteiger partial charge in [0.2, 0.25) is 0 Å². The molecule has 0 unspecified atom stereocenters. The molecule has 0 bridgehead atoms. The van der Waals surface area contributed by atoms with Crippen LogP contribution in [-0.4, -0.2) is 20.7 Å². The first-order chi connectivity index (χ1) is 4.75. The van der Waals surface area contributed by atoms with E-state index in [-0.39, 0.29) is 0 Å². The number of nitrogens with zero attached hydrogens (tertiary/aromatic N) is 2. The number of rotatable bonds is 0. The predicted molar refractivity (Wildman–Crippen MR) is 39.7 cm³/mol. The maximum atomic E-state index is 8.46. The molecule has 0 saturated heterocycles. The van der Waals surface area contributed by atoms with Crippen molar-refractivity contribution in [3.05, 3.63) is 18.0 Å². The van der Waals surface area contributed by atoms with E-state index in [0.717, 1.165) is 0 Å². The summed E-state index contributed by atoms with van der Waals surface area (Å²) >= 11 is 0. The van der Waals surface area contributed by atoms with E-state index in [1.54, 1.807) is 0 Å². The molecular weight excluding hydrogens is 122 g/mol. The van der Waals surface area contributed by atoms with Crippen LogP contribution in [0.4, 0.5) is 0 Å². The molecule has 0 aliphatic rings. The van der Waals surface area contributed by atoms with Gasteiger partial charge in [-0.25, -0.2) is 0 Å². The fourth-order valence-electron chi connectivity index (χ4n) is 0.623. The third kappa shape index (κ3) is 1.03. The second kappa shape index (κ2) is 2.57. The zero-order valence-electron chi connectivity index (χ0n) is 5.20. The van der Waals surface area contributed by atoms with Gasteiger partial charge in [0.1, 0.15) is 15.7 Å². The lowest BCUT2D eigenvalue weighted by Gasteiger charge is -1.98. The topological polar surface area (TPSA) is 36.7 Å². The Kier molecular flexibility index (Phi) is 1.77. The van der Waals surface area contributed by atoms with Gasteiger partial charge in [0, 0.05) is 18.0 Å². The summed E-state index contributed by atoms with van der Waals surface area (Å²) in [5.41, 5.74) is 0.944. The van der Waals surface area contributed by atoms with Crippen LogP contribution in [0, 0.1) is 11.3 Å². The third-order valence-corrected chi connectivity index (χ3v) is 1.12. The highest BCUT2D eigenvalue weighted by molar-refractivity contribution is 6.40. The molecule has 10 heavy (non-hydrogen) atoms. The van der Waals surface area contributed by atoms with E-state index >= 15 is 0 Å². The van der Waals surface area contributed by atoms with E-state index < -0.39 is 0 Å². The standard InChI is InChI=1S/C6H2B2N2/c7-5-2-10-3-6(8)4(5)1-9/h2-3H. The zero-order valence-corrected chi connectivity index (χ0v) is 5.20. The van der Waals surface area contributed by atoms with Crippen molar-refractivity contribution in [1.82, 2.24) is 4.98 Å². The summed E-state index contributed by atoms with van der Waals surface area (Å²) in [6.07, 6.45) is 2.80. The Morgan fingerprint density at radius 3 is 2.10 bits per heavy atom. The monoisotopic (exact) mass is 124 g/mol. The molecule has 0 amide bonds. The highest BCUT2D eigenvalue weighted by Gasteiger charge is 1.97. The minimum atomic E-state index is 0.301. The predicted octanol–water partition coefficient (Wildman–Crippen LogP) is -1.46. The third-order valence-electron chi connectivity index (χ3n) is 1.12. The van der Waals surface area contributed by atoms with Crippen LogP contribution in [0.3, 0.4) is 0 Å². The van der Waals surface area contributed by atoms with Gasteiger partial charge in [-0.3, -0.25) is 4.98 Å². The summed E-state index contributed by atoms with van der Waals surface area (Å²) in [6, 6.07) is 1.87. The number of hydrogen-bond acceptors (Lipinski definition) is 2. The van der Waals surface area contributed by atoms with Gasteiger partial charge in [-0.05, 0) is 0 Å². The fourth-order valence-corrected chi connectivity index (χ4v) is 0.623. The smallest absolute Gasteiger partial charge is 0.117 e. The van der Waals surface area contributed by atoms with Crippen LogP contribution in [-0.2, 0) is 0 Å². The lowest BCUT2D eigenvalue weighted by molar-refractivity contribution is 1.36. The van der Waals surface area contributed by atoms with Gasteiger partial charge in [0.15, 0.2) is 0 Å². The van der Waals surface area contributed by atoms with Crippen LogP contribution in [0.15, 0.2) is 12.4 Å². The normalized spacial score (nSPS) is 8.70. The molecule has 1 aromatic rings. The lowest BCUT2D eigenvalue weighted by atomic mass is 9.84. The molecule has 4 radical (unpaired) electrons. The highest BCUT2D eigenvalue weighted by Crippen LogP contribution is 1.82. The summed E-state index contributed by atoms with van der Waals surface area (Å²) < 4.78 is 0. The quantitative estimate of drug-likeness (QED) is 0.396. The Morgan fingerprint density at radius 2 is 1.80 bits per heavy atom. The minimum Gasteiger partial charge on any atom is -0.266 e. The second-order valence-corrected chi connectivity index (χ2v) is 1.80. The summed E-state index contributed by atoms with van der Waals surface area (Å²) in [7, 11) is 10.7. The summed E-state index contributed by atoms with van der Waals surface area (Å²) in [6.45, 7) is 0. The summed E-state index contributed by atoms with van der Waals surface area (Å²) in [5, 5.41) is 8.46. The first kappa shape index (κ1) is 6.88. The first-order valence-electron chi connectivity index (χ1n) is 2.64. The van der Waals surface area contributed by atoms with Crippen molar-refractivity contribution in [3.63, 3.8) is 0 Å². The van der Waals surface area contributed by atoms with Gasteiger partial charge in [-0.1, -0.05) is 10.9 Å². The molecule has 42 valence electrons. The van der Waals surface area contributed by atoms with Crippen LogP contribution >= 0.6 is 0 Å². The second-order valence-electron chi connectivity index (χ2n) is 1.80. The maximum Gasteiger partial charge on any atom is 0.117 e. The Labute approximate surface area is 61.7 Å². The molecule has 1 rings (SSSR count). The Morgan fingerprint density at radius 1 is 1.30 bits per heavy atom. The van der Waals surface area contributed by atoms with Crippen LogP contribution in [0.2, 0.25) is 0 Å². The van der Waals surface area contributed by atoms with Crippen LogP contribution in [0.25, 0.3) is 0 Å². The average Bonchev–Trinajstić information content (AvgIpc) is 1.88. The number of pyridine rings is 1. The molecule has 0 fully saturated rings. The molecule has 0 N–H and O–H groups in total. The SMILES string of the molecule is [B]c1cncc([B])c1C#N. The minimum absolute atomic E-state index is 0.301. The number of aromatic nitrogens is 1. The largest absolute Gasteiger partial charge is 0.266 e. The van der Waals surface area contributed by atoms with Crippen LogP contribution < -0.4 is 10.9 Å². The zero-order chi connectivity index (χ0) is 7.56. The van der Waals surface area contributed by atoms with Gasteiger partial charge < -0.3 is 0 Å². The van der Waals surface area contributed by atoms with Gasteiger partial charge in [0.05, 0.1) is 6.07 Å². The van der Waals surface area contributed by atoms with E-state index in [0.29, 0.717) is 16.5 Å². The average molecular weight is 124 g/mol. The van der Waals surface area contributed by atoms with Gasteiger partial charge in [-0.15, -0.1) is 0 Å². The molecule has 4 heteroatoms. The van der Waals surface area contributed by atoms with Gasteiger partial charge in [0.25, 0.3) is 0 Å². The molecule has 0 aliphatic carbocycles. The van der Waals surface area contributed by atoms with Crippen molar-refractivity contribution in [2.45, 2.75) is 0 Å². The Hall–Kier alpha value is -1.23. The van der Waals surface area contributed by atoms with E-state index in [1.165, 1.54) is 12.4 Å². The van der Waals surface area contributed by atoms with Crippen molar-refractivity contribution in [3.8, 4) is 6.07 Å². The maximum absolute atomic E-state index is 8.46. The summed E-state index contributed by atoms with van der Waals surface area (Å²) in [5.74, 6) is 0.